The first-order valence-electron chi connectivity index (χ1n) is 5.69. The van der Waals surface area contributed by atoms with E-state index in [-0.39, 0.29) is 12.5 Å². The molecule has 2 N–H and O–H groups in total. The van der Waals surface area contributed by atoms with Gasteiger partial charge in [0.25, 0.3) is 5.91 Å². The van der Waals surface area contributed by atoms with Crippen LogP contribution in [-0.4, -0.2) is 27.2 Å². The maximum atomic E-state index is 11.9. The number of amides is 1. The molecule has 0 aliphatic rings. The Hall–Kier alpha value is -2.10. The fraction of sp³-hybridized carbons (Fsp3) is 0.231. The van der Waals surface area contributed by atoms with Crippen molar-refractivity contribution in [1.82, 2.24) is 9.55 Å². The van der Waals surface area contributed by atoms with Crippen molar-refractivity contribution in [2.45, 2.75) is 6.42 Å². The number of anilines is 1. The molecule has 0 radical (unpaired) electrons. The maximum Gasteiger partial charge on any atom is 0.274 e. The predicted molar refractivity (Wildman–Crippen MR) is 74.1 cm³/mol. The molecule has 0 unspecified atom stereocenters. The number of hydrogen-bond acceptors (Lipinski definition) is 4. The molecule has 0 saturated carbocycles. The zero-order chi connectivity index (χ0) is 13.7. The Bertz CT molecular complexity index is 634. The van der Waals surface area contributed by atoms with Crippen LogP contribution in [0.4, 0.5) is 5.13 Å². The molecule has 0 aliphatic heterocycles. The number of carbonyl (C=O) groups excluding carboxylic acids is 1. The van der Waals surface area contributed by atoms with Crippen molar-refractivity contribution >= 4 is 22.4 Å². The van der Waals surface area contributed by atoms with Gasteiger partial charge in [-0.3, -0.25) is 10.1 Å². The lowest BCUT2D eigenvalue weighted by Gasteiger charge is -2.02. The van der Waals surface area contributed by atoms with Gasteiger partial charge < -0.3 is 9.67 Å². The minimum absolute atomic E-state index is 0.0445. The molecule has 5 nitrogen and oxygen atoms in total. The Morgan fingerprint density at radius 1 is 1.63 bits per heavy atom. The van der Waals surface area contributed by atoms with Gasteiger partial charge in [-0.05, 0) is 12.1 Å². The number of nitrogens with zero attached hydrogens (tertiary/aromatic N) is 2. The van der Waals surface area contributed by atoms with Crippen LogP contribution < -0.4 is 5.32 Å². The van der Waals surface area contributed by atoms with Crippen LogP contribution in [0.2, 0.25) is 0 Å². The fourth-order valence-electron chi connectivity index (χ4n) is 1.45. The van der Waals surface area contributed by atoms with Crippen LogP contribution in [0.5, 0.6) is 0 Å². The molecule has 0 aromatic carbocycles. The molecule has 1 amide bonds. The number of aromatic nitrogens is 2. The number of aliphatic hydroxyl groups excluding tert-OH is 1. The van der Waals surface area contributed by atoms with E-state index < -0.39 is 0 Å². The number of aliphatic hydroxyl groups is 1. The summed E-state index contributed by atoms with van der Waals surface area (Å²) < 4.78 is 1.74. The van der Waals surface area contributed by atoms with Crippen molar-refractivity contribution in [3.63, 3.8) is 0 Å². The van der Waals surface area contributed by atoms with E-state index in [1.807, 2.05) is 19.3 Å². The molecule has 2 rings (SSSR count). The number of rotatable bonds is 3. The maximum absolute atomic E-state index is 11.9. The molecule has 0 saturated heterocycles. The average molecular weight is 275 g/mol. The van der Waals surface area contributed by atoms with Gasteiger partial charge in [0.1, 0.15) is 5.69 Å². The molecule has 6 heteroatoms. The second kappa shape index (κ2) is 6.18. The number of carbonyl (C=O) groups is 1. The van der Waals surface area contributed by atoms with E-state index in [4.69, 9.17) is 5.11 Å². The van der Waals surface area contributed by atoms with Crippen LogP contribution >= 0.6 is 11.3 Å². The first-order chi connectivity index (χ1) is 9.20. The third kappa shape index (κ3) is 3.44. The normalized spacial score (nSPS) is 9.79. The highest BCUT2D eigenvalue weighted by Crippen LogP contribution is 2.17. The summed E-state index contributed by atoms with van der Waals surface area (Å²) in [6, 6.07) is 3.55. The summed E-state index contributed by atoms with van der Waals surface area (Å²) in [5, 5.41) is 11.9. The highest BCUT2D eigenvalue weighted by atomic mass is 32.1. The molecule has 0 bridgehead atoms. The Morgan fingerprint density at radius 3 is 3.16 bits per heavy atom. The van der Waals surface area contributed by atoms with Gasteiger partial charge in [-0.1, -0.05) is 23.2 Å². The van der Waals surface area contributed by atoms with Crippen molar-refractivity contribution in [3.8, 4) is 11.8 Å². The minimum Gasteiger partial charge on any atom is -0.395 e. The van der Waals surface area contributed by atoms with Gasteiger partial charge in [0.2, 0.25) is 0 Å². The molecule has 2 aromatic heterocycles. The van der Waals surface area contributed by atoms with E-state index in [2.05, 4.69) is 22.1 Å². The summed E-state index contributed by atoms with van der Waals surface area (Å²) in [7, 11) is 1.81. The highest BCUT2D eigenvalue weighted by molar-refractivity contribution is 7.16. The molecule has 2 heterocycles. The molecule has 0 spiro atoms. The summed E-state index contributed by atoms with van der Waals surface area (Å²) in [5.74, 6) is 5.49. The van der Waals surface area contributed by atoms with E-state index in [1.165, 1.54) is 11.3 Å². The van der Waals surface area contributed by atoms with Crippen molar-refractivity contribution in [1.29, 1.82) is 0 Å². The molecule has 0 atom stereocenters. The largest absolute Gasteiger partial charge is 0.395 e. The summed E-state index contributed by atoms with van der Waals surface area (Å²) in [4.78, 5) is 16.8. The monoisotopic (exact) mass is 275 g/mol. The molecule has 98 valence electrons. The molecule has 0 fully saturated rings. The van der Waals surface area contributed by atoms with Crippen molar-refractivity contribution in [3.05, 3.63) is 35.1 Å². The van der Waals surface area contributed by atoms with E-state index in [0.29, 0.717) is 17.2 Å². The number of nitrogens with one attached hydrogen (secondary N) is 1. The second-order valence-corrected chi connectivity index (χ2v) is 4.79. The van der Waals surface area contributed by atoms with E-state index in [1.54, 1.807) is 16.8 Å². The predicted octanol–water partition coefficient (Wildman–Crippen LogP) is 1.47. The zero-order valence-corrected chi connectivity index (χ0v) is 11.2. The van der Waals surface area contributed by atoms with Crippen LogP contribution in [0.15, 0.2) is 24.5 Å². The lowest BCUT2D eigenvalue weighted by molar-refractivity contribution is 0.101. The van der Waals surface area contributed by atoms with Gasteiger partial charge in [0.05, 0.1) is 17.7 Å². The summed E-state index contributed by atoms with van der Waals surface area (Å²) in [5.41, 5.74) is 0.572. The summed E-state index contributed by atoms with van der Waals surface area (Å²) >= 11 is 1.31. The lowest BCUT2D eigenvalue weighted by atomic mass is 10.4. The van der Waals surface area contributed by atoms with Crippen molar-refractivity contribution in [2.75, 3.05) is 11.9 Å². The third-order valence-corrected chi connectivity index (χ3v) is 3.18. The van der Waals surface area contributed by atoms with Crippen LogP contribution in [0.25, 0.3) is 0 Å². The highest BCUT2D eigenvalue weighted by Gasteiger charge is 2.10. The first kappa shape index (κ1) is 13.3. The Labute approximate surface area is 114 Å². The Balaban J connectivity index is 2.03. The van der Waals surface area contributed by atoms with Gasteiger partial charge in [0.15, 0.2) is 5.13 Å². The van der Waals surface area contributed by atoms with Gasteiger partial charge in [0, 0.05) is 19.7 Å². The smallest absolute Gasteiger partial charge is 0.274 e. The average Bonchev–Trinajstić information content (AvgIpc) is 2.99. The topological polar surface area (TPSA) is 67.2 Å². The van der Waals surface area contributed by atoms with Crippen LogP contribution in [0, 0.1) is 11.8 Å². The standard InChI is InChI=1S/C13H13N3O2S/c1-16-7-4-6-11(16)12(18)15-13-14-9-10(19-13)5-2-3-8-17/h4,6-7,9,17H,3,8H2,1H3,(H,14,15,18). The fourth-order valence-corrected chi connectivity index (χ4v) is 2.14. The number of hydrogen-bond donors (Lipinski definition) is 2. The first-order valence-corrected chi connectivity index (χ1v) is 6.50. The molecule has 0 aliphatic carbocycles. The van der Waals surface area contributed by atoms with Gasteiger partial charge >= 0.3 is 0 Å². The van der Waals surface area contributed by atoms with Crippen molar-refractivity contribution in [2.24, 2.45) is 7.05 Å². The third-order valence-electron chi connectivity index (χ3n) is 2.35. The van der Waals surface area contributed by atoms with E-state index in [9.17, 15) is 4.79 Å². The SMILES string of the molecule is Cn1cccc1C(=O)Nc1ncc(C#CCCO)s1. The van der Waals surface area contributed by atoms with Crippen molar-refractivity contribution < 1.29 is 9.90 Å². The van der Waals surface area contributed by atoms with Crippen LogP contribution in [0.1, 0.15) is 21.8 Å². The quantitative estimate of drug-likeness (QED) is 0.834. The Kier molecular flexibility index (Phi) is 4.34. The van der Waals surface area contributed by atoms with E-state index >= 15 is 0 Å². The van der Waals surface area contributed by atoms with Crippen LogP contribution in [-0.2, 0) is 7.05 Å². The Morgan fingerprint density at radius 2 is 2.47 bits per heavy atom. The lowest BCUT2D eigenvalue weighted by Crippen LogP contribution is -2.14. The van der Waals surface area contributed by atoms with E-state index in [0.717, 1.165) is 4.88 Å². The van der Waals surface area contributed by atoms with Gasteiger partial charge in [-0.15, -0.1) is 0 Å². The second-order valence-electron chi connectivity index (χ2n) is 3.76. The minimum atomic E-state index is -0.197. The molecular formula is C13H13N3O2S. The zero-order valence-electron chi connectivity index (χ0n) is 10.4. The number of thiazole rings is 1. The molecular weight excluding hydrogens is 262 g/mol. The molecule has 2 aromatic rings. The van der Waals surface area contributed by atoms with Crippen LogP contribution in [0.3, 0.4) is 0 Å². The summed E-state index contributed by atoms with van der Waals surface area (Å²) in [6.07, 6.45) is 3.85. The summed E-state index contributed by atoms with van der Waals surface area (Å²) in [6.45, 7) is 0.0445. The van der Waals surface area contributed by atoms with Gasteiger partial charge in [-0.2, -0.15) is 0 Å². The molecule has 19 heavy (non-hydrogen) atoms. The number of aryl methyl sites for hydroxylation is 1. The van der Waals surface area contributed by atoms with Gasteiger partial charge in [-0.25, -0.2) is 4.98 Å².